The molecule has 5 unspecified atom stereocenters. The van der Waals surface area contributed by atoms with E-state index in [-0.39, 0.29) is 30.0 Å². The van der Waals surface area contributed by atoms with Gasteiger partial charge in [-0.15, -0.1) is 0 Å². The molecule has 3 heterocycles. The average Bonchev–Trinajstić information content (AvgIpc) is 3.32. The van der Waals surface area contributed by atoms with Crippen molar-refractivity contribution in [2.24, 2.45) is 11.7 Å². The molecule has 0 spiro atoms. The van der Waals surface area contributed by atoms with Crippen molar-refractivity contribution in [1.29, 1.82) is 0 Å². The summed E-state index contributed by atoms with van der Waals surface area (Å²) in [4.78, 5) is 43.5. The van der Waals surface area contributed by atoms with Crippen LogP contribution in [-0.2, 0) is 35.2 Å². The lowest BCUT2D eigenvalue weighted by atomic mass is 9.71. The average molecular weight is 555 g/mol. The third kappa shape index (κ3) is 3.80. The third-order valence-electron chi connectivity index (χ3n) is 6.82. The Balaban J connectivity index is 1.32. The number of benzene rings is 1. The van der Waals surface area contributed by atoms with Crippen LogP contribution in [0.4, 0.5) is 0 Å². The number of epoxide rings is 1. The molecule has 1 aromatic rings. The molecule has 6 atom stereocenters. The molecule has 3 saturated heterocycles. The van der Waals surface area contributed by atoms with Gasteiger partial charge in [0.05, 0.1) is 18.6 Å². The van der Waals surface area contributed by atoms with Crippen molar-refractivity contribution in [1.82, 2.24) is 10.4 Å². The fourth-order valence-electron chi connectivity index (χ4n) is 5.26. The highest BCUT2D eigenvalue weighted by Gasteiger charge is 2.76. The van der Waals surface area contributed by atoms with Crippen LogP contribution in [-0.4, -0.2) is 59.3 Å². The molecule has 4 aliphatic rings. The van der Waals surface area contributed by atoms with Gasteiger partial charge in [-0.2, -0.15) is 5.06 Å². The number of esters is 1. The van der Waals surface area contributed by atoms with Crippen LogP contribution in [0.1, 0.15) is 37.7 Å². The van der Waals surface area contributed by atoms with E-state index in [1.54, 1.807) is 5.06 Å². The minimum Gasteiger partial charge on any atom is -0.458 e. The summed E-state index contributed by atoms with van der Waals surface area (Å²) in [5.41, 5.74) is 5.00. The number of amides is 2. The largest absolute Gasteiger partial charge is 0.458 e. The van der Waals surface area contributed by atoms with Gasteiger partial charge in [0.1, 0.15) is 18.2 Å². The fourth-order valence-corrected chi connectivity index (χ4v) is 5.82. The summed E-state index contributed by atoms with van der Waals surface area (Å²) in [6, 6.07) is 7.25. The number of carbonyl (C=O) groups is 3. The molecule has 10 heteroatoms. The predicted molar refractivity (Wildman–Crippen MR) is 120 cm³/mol. The van der Waals surface area contributed by atoms with Crippen molar-refractivity contribution in [3.63, 3.8) is 0 Å². The van der Waals surface area contributed by atoms with E-state index in [2.05, 4.69) is 27.9 Å². The minimum atomic E-state index is -1.19. The van der Waals surface area contributed by atoms with Crippen molar-refractivity contribution in [2.45, 2.75) is 68.6 Å². The molecule has 3 aliphatic heterocycles. The summed E-state index contributed by atoms with van der Waals surface area (Å²) in [5.74, 6) is -1.31. The van der Waals surface area contributed by atoms with Gasteiger partial charge in [-0.05, 0) is 47.1 Å². The van der Waals surface area contributed by atoms with Gasteiger partial charge >= 0.3 is 5.97 Å². The molecular weight excluding hydrogens is 529 g/mol. The van der Waals surface area contributed by atoms with E-state index < -0.39 is 23.7 Å². The van der Waals surface area contributed by atoms with Gasteiger partial charge in [-0.3, -0.25) is 19.2 Å². The molecule has 4 fully saturated rings. The summed E-state index contributed by atoms with van der Waals surface area (Å²) >= 11 is 2.26. The quantitative estimate of drug-likeness (QED) is 0.202. The molecule has 0 bridgehead atoms. The number of rotatable bonds is 9. The molecule has 5 rings (SSSR count). The van der Waals surface area contributed by atoms with Gasteiger partial charge in [0.2, 0.25) is 5.91 Å². The highest BCUT2D eigenvalue weighted by molar-refractivity contribution is 14.1. The van der Waals surface area contributed by atoms with Gasteiger partial charge in [-0.1, -0.05) is 24.6 Å². The summed E-state index contributed by atoms with van der Waals surface area (Å²) < 4.78 is 12.5. The molecule has 0 radical (unpaired) electrons. The molecule has 1 saturated carbocycles. The highest BCUT2D eigenvalue weighted by atomic mass is 127. The van der Waals surface area contributed by atoms with Gasteiger partial charge in [0.15, 0.2) is 5.60 Å². The third-order valence-corrected chi connectivity index (χ3v) is 7.87. The second kappa shape index (κ2) is 8.54. The van der Waals surface area contributed by atoms with Gasteiger partial charge in [-0.25, -0.2) is 0 Å². The Morgan fingerprint density at radius 1 is 1.22 bits per heavy atom. The molecule has 32 heavy (non-hydrogen) atoms. The number of unbranched alkanes of at least 4 members (excludes halogenated alkanes) is 2. The molecule has 1 aliphatic carbocycles. The Bertz CT molecular complexity index is 944. The second-order valence-electron chi connectivity index (χ2n) is 8.90. The van der Waals surface area contributed by atoms with Crippen LogP contribution in [0.3, 0.4) is 0 Å². The Hall–Kier alpha value is -1.76. The molecule has 0 aromatic heterocycles. The maximum Gasteiger partial charge on any atom is 0.326 e. The normalized spacial score (nSPS) is 34.5. The van der Waals surface area contributed by atoms with E-state index in [0.29, 0.717) is 32.4 Å². The number of primary amides is 1. The summed E-state index contributed by atoms with van der Waals surface area (Å²) in [7, 11) is 0. The molecular formula is C22H26IN3O6. The number of hydrogen-bond acceptors (Lipinski definition) is 7. The van der Waals surface area contributed by atoms with Crippen molar-refractivity contribution >= 4 is 40.4 Å². The monoisotopic (exact) mass is 555 g/mol. The van der Waals surface area contributed by atoms with E-state index in [0.717, 1.165) is 22.0 Å². The van der Waals surface area contributed by atoms with Crippen LogP contribution in [0, 0.1) is 9.49 Å². The van der Waals surface area contributed by atoms with Crippen molar-refractivity contribution in [3.05, 3.63) is 33.4 Å². The summed E-state index contributed by atoms with van der Waals surface area (Å²) in [5, 5.41) is 4.63. The second-order valence-corrected chi connectivity index (χ2v) is 10.1. The van der Waals surface area contributed by atoms with Gasteiger partial charge in [0, 0.05) is 23.0 Å². The zero-order valence-corrected chi connectivity index (χ0v) is 19.7. The lowest BCUT2D eigenvalue weighted by Crippen LogP contribution is -2.58. The number of ether oxygens (including phenoxy) is 2. The first kappa shape index (κ1) is 22.1. The van der Waals surface area contributed by atoms with Crippen LogP contribution >= 0.6 is 22.6 Å². The standard InChI is InChI=1S/C22H26IN3O6/c23-13-7-4-3-6-12(13)11-26-17-16-19(31-20(17)28)18-14(30-18)10-22(16,32-26)21(29)25-9-5-1-2-8-15(24)27/h3-4,6-7,14,16-19H,1-2,5,8-11H2,(H2,24,27)(H,25,29)/t14?,16?,17?,18?,19?,22-/m0/s1. The number of fused-ring (bicyclic) bond motifs is 2. The van der Waals surface area contributed by atoms with Crippen molar-refractivity contribution in [2.75, 3.05) is 6.54 Å². The number of nitrogens with two attached hydrogens (primary N) is 1. The Morgan fingerprint density at radius 3 is 2.81 bits per heavy atom. The highest BCUT2D eigenvalue weighted by Crippen LogP contribution is 2.57. The first-order chi connectivity index (χ1) is 15.4. The Morgan fingerprint density at radius 2 is 2.03 bits per heavy atom. The predicted octanol–water partition coefficient (Wildman–Crippen LogP) is 1.02. The van der Waals surface area contributed by atoms with Crippen LogP contribution in [0.15, 0.2) is 24.3 Å². The number of halogens is 1. The van der Waals surface area contributed by atoms with E-state index in [1.807, 2.05) is 24.3 Å². The van der Waals surface area contributed by atoms with Crippen molar-refractivity contribution in [3.8, 4) is 0 Å². The molecule has 9 nitrogen and oxygen atoms in total. The van der Waals surface area contributed by atoms with Crippen LogP contribution in [0.25, 0.3) is 0 Å². The van der Waals surface area contributed by atoms with Gasteiger partial charge in [0.25, 0.3) is 5.91 Å². The van der Waals surface area contributed by atoms with Crippen LogP contribution < -0.4 is 11.1 Å². The van der Waals surface area contributed by atoms with Crippen LogP contribution in [0.2, 0.25) is 0 Å². The first-order valence-electron chi connectivity index (χ1n) is 11.0. The molecule has 1 aromatic carbocycles. The van der Waals surface area contributed by atoms with E-state index >= 15 is 0 Å². The zero-order valence-electron chi connectivity index (χ0n) is 17.5. The first-order valence-corrected chi connectivity index (χ1v) is 12.1. The minimum absolute atomic E-state index is 0.138. The van der Waals surface area contributed by atoms with E-state index in [9.17, 15) is 14.4 Å². The maximum absolute atomic E-state index is 13.4. The van der Waals surface area contributed by atoms with E-state index in [1.165, 1.54) is 0 Å². The van der Waals surface area contributed by atoms with Crippen LogP contribution in [0.5, 0.6) is 0 Å². The zero-order chi connectivity index (χ0) is 22.5. The van der Waals surface area contributed by atoms with Crippen molar-refractivity contribution < 1.29 is 28.7 Å². The number of hydroxylamine groups is 2. The number of carbonyl (C=O) groups excluding carboxylic acids is 3. The lowest BCUT2D eigenvalue weighted by Gasteiger charge is -2.35. The molecule has 3 N–H and O–H groups in total. The number of hydrogen-bond donors (Lipinski definition) is 2. The smallest absolute Gasteiger partial charge is 0.326 e. The number of nitrogens with zero attached hydrogens (tertiary/aromatic N) is 1. The maximum atomic E-state index is 13.4. The fraction of sp³-hybridized carbons (Fsp3) is 0.591. The Labute approximate surface area is 199 Å². The Kier molecular flexibility index (Phi) is 5.89. The summed E-state index contributed by atoms with van der Waals surface area (Å²) in [6.45, 7) is 0.853. The van der Waals surface area contributed by atoms with Gasteiger partial charge < -0.3 is 20.5 Å². The summed E-state index contributed by atoms with van der Waals surface area (Å²) in [6.07, 6.45) is 2.22. The lowest BCUT2D eigenvalue weighted by molar-refractivity contribution is -0.229. The molecule has 2 amide bonds. The topological polar surface area (TPSA) is 123 Å². The van der Waals surface area contributed by atoms with E-state index in [4.69, 9.17) is 20.0 Å². The number of nitrogens with one attached hydrogen (secondary N) is 1. The molecule has 172 valence electrons. The SMILES string of the molecule is NC(=O)CCCCCNC(=O)[C@]12CC3OC3C3OC(=O)C(C31)N(Cc1ccccc1I)O2.